The number of fused-ring (bicyclic) bond motifs is 1. The van der Waals surface area contributed by atoms with Crippen LogP contribution in [0.4, 0.5) is 13.2 Å². The summed E-state index contributed by atoms with van der Waals surface area (Å²) >= 11 is 0. The first kappa shape index (κ1) is 19.5. The Bertz CT molecular complexity index is 1070. The van der Waals surface area contributed by atoms with E-state index in [2.05, 4.69) is 29.1 Å². The molecule has 0 radical (unpaired) electrons. The van der Waals surface area contributed by atoms with Gasteiger partial charge in [0.15, 0.2) is 5.69 Å². The van der Waals surface area contributed by atoms with Gasteiger partial charge >= 0.3 is 6.18 Å². The summed E-state index contributed by atoms with van der Waals surface area (Å²) in [4.78, 5) is 0. The smallest absolute Gasteiger partial charge is 0.419 e. The zero-order valence-electron chi connectivity index (χ0n) is 16.6. The highest BCUT2D eigenvalue weighted by molar-refractivity contribution is 5.61. The van der Waals surface area contributed by atoms with Crippen LogP contribution in [0.25, 0.3) is 23.0 Å². The van der Waals surface area contributed by atoms with Gasteiger partial charge < -0.3 is 9.15 Å². The van der Waals surface area contributed by atoms with Gasteiger partial charge in [-0.15, -0.1) is 10.2 Å². The first-order valence-electron chi connectivity index (χ1n) is 9.23. The topological polar surface area (TPSA) is 66.0 Å². The molecule has 2 heterocycles. The molecule has 0 unspecified atom stereocenters. The van der Waals surface area contributed by atoms with Crippen molar-refractivity contribution in [2.75, 3.05) is 7.11 Å². The van der Waals surface area contributed by atoms with E-state index >= 15 is 0 Å². The van der Waals surface area contributed by atoms with Gasteiger partial charge in [0.05, 0.1) is 12.7 Å². The van der Waals surface area contributed by atoms with Crippen LogP contribution in [0.15, 0.2) is 22.6 Å². The van der Waals surface area contributed by atoms with Crippen LogP contribution in [0.1, 0.15) is 37.1 Å². The first-order valence-corrected chi connectivity index (χ1v) is 9.23. The molecular formula is C20H21F3N4O2. The molecule has 1 aromatic carbocycles. The molecule has 0 spiro atoms. The minimum atomic E-state index is -4.56. The lowest BCUT2D eigenvalue weighted by atomic mass is 9.76. The molecule has 0 atom stereocenters. The summed E-state index contributed by atoms with van der Waals surface area (Å²) in [7, 11) is 3.07. The fourth-order valence-corrected chi connectivity index (χ4v) is 3.76. The second-order valence-corrected chi connectivity index (χ2v) is 8.06. The first-order chi connectivity index (χ1) is 13.6. The van der Waals surface area contributed by atoms with Crippen molar-refractivity contribution in [2.45, 2.75) is 39.3 Å². The number of halogens is 3. The van der Waals surface area contributed by atoms with Crippen LogP contribution in [0.2, 0.25) is 0 Å². The maximum Gasteiger partial charge on any atom is 0.419 e. The van der Waals surface area contributed by atoms with E-state index in [4.69, 9.17) is 9.15 Å². The minimum absolute atomic E-state index is 0.00342. The molecule has 0 aliphatic heterocycles. The fourth-order valence-electron chi connectivity index (χ4n) is 3.76. The Kier molecular flexibility index (Phi) is 4.43. The van der Waals surface area contributed by atoms with E-state index in [1.165, 1.54) is 19.2 Å². The van der Waals surface area contributed by atoms with Gasteiger partial charge in [0.1, 0.15) is 5.75 Å². The van der Waals surface area contributed by atoms with Crippen molar-refractivity contribution in [3.8, 4) is 28.8 Å². The van der Waals surface area contributed by atoms with Gasteiger partial charge in [-0.2, -0.15) is 18.3 Å². The van der Waals surface area contributed by atoms with Gasteiger partial charge in [-0.25, -0.2) is 0 Å². The molecule has 3 aromatic rings. The Morgan fingerprint density at radius 3 is 2.59 bits per heavy atom. The Morgan fingerprint density at radius 2 is 1.90 bits per heavy atom. The molecule has 0 saturated carbocycles. The van der Waals surface area contributed by atoms with Gasteiger partial charge in [-0.1, -0.05) is 13.8 Å². The Labute approximate surface area is 165 Å². The highest BCUT2D eigenvalue weighted by Crippen LogP contribution is 2.40. The van der Waals surface area contributed by atoms with E-state index in [1.807, 2.05) is 11.7 Å². The summed E-state index contributed by atoms with van der Waals surface area (Å²) in [5.41, 5.74) is 2.25. The summed E-state index contributed by atoms with van der Waals surface area (Å²) in [5, 5.41) is 12.5. The van der Waals surface area contributed by atoms with E-state index in [0.717, 1.165) is 36.6 Å². The molecule has 9 heteroatoms. The number of nitrogens with zero attached hydrogens (tertiary/aromatic N) is 4. The van der Waals surface area contributed by atoms with Crippen LogP contribution in [0.5, 0.6) is 5.75 Å². The number of aromatic nitrogens is 4. The molecule has 0 fully saturated rings. The average Bonchev–Trinajstić information content (AvgIpc) is 3.25. The molecule has 6 nitrogen and oxygen atoms in total. The predicted molar refractivity (Wildman–Crippen MR) is 99.3 cm³/mol. The van der Waals surface area contributed by atoms with Crippen molar-refractivity contribution in [3.05, 3.63) is 35.0 Å². The third-order valence-corrected chi connectivity index (χ3v) is 5.35. The zero-order chi connectivity index (χ0) is 21.0. The largest absolute Gasteiger partial charge is 0.496 e. The molecule has 154 valence electrons. The Hall–Kier alpha value is -2.84. The number of rotatable bonds is 3. The number of alkyl halides is 3. The minimum Gasteiger partial charge on any atom is -0.496 e. The zero-order valence-corrected chi connectivity index (χ0v) is 16.6. The van der Waals surface area contributed by atoms with Crippen molar-refractivity contribution < 1.29 is 22.3 Å². The Morgan fingerprint density at radius 1 is 1.17 bits per heavy atom. The van der Waals surface area contributed by atoms with Crippen LogP contribution in [-0.2, 0) is 26.1 Å². The predicted octanol–water partition coefficient (Wildman–Crippen LogP) is 4.68. The quantitative estimate of drug-likeness (QED) is 0.632. The number of hydrogen-bond acceptors (Lipinski definition) is 5. The van der Waals surface area contributed by atoms with Crippen molar-refractivity contribution in [1.29, 1.82) is 0 Å². The van der Waals surface area contributed by atoms with E-state index < -0.39 is 11.7 Å². The molecule has 2 aromatic heterocycles. The van der Waals surface area contributed by atoms with E-state index in [9.17, 15) is 13.2 Å². The Balaban J connectivity index is 1.72. The van der Waals surface area contributed by atoms with Crippen LogP contribution in [0, 0.1) is 5.41 Å². The van der Waals surface area contributed by atoms with Crippen LogP contribution in [0.3, 0.4) is 0 Å². The molecule has 1 aliphatic rings. The SMILES string of the molecule is COc1ccc(-c2nnc(-c3nn(C)c4c3CCC(C)(C)C4)o2)cc1C(F)(F)F. The number of ether oxygens (including phenoxy) is 1. The molecule has 29 heavy (non-hydrogen) atoms. The van der Waals surface area contributed by atoms with Crippen molar-refractivity contribution in [2.24, 2.45) is 12.5 Å². The van der Waals surface area contributed by atoms with E-state index in [0.29, 0.717) is 5.69 Å². The highest BCUT2D eigenvalue weighted by atomic mass is 19.4. The standard InChI is InChI=1S/C20H21F3N4O2/c1-19(2)8-7-12-14(10-19)27(3)26-16(12)18-25-24-17(29-18)11-5-6-15(28-4)13(9-11)20(21,22)23/h5-6,9H,7-8,10H2,1-4H3. The number of methoxy groups -OCH3 is 1. The second kappa shape index (κ2) is 6.60. The average molecular weight is 406 g/mol. The van der Waals surface area contributed by atoms with Gasteiger partial charge in [0, 0.05) is 23.9 Å². The molecule has 0 N–H and O–H groups in total. The number of hydrogen-bond donors (Lipinski definition) is 0. The maximum absolute atomic E-state index is 13.3. The van der Waals surface area contributed by atoms with Crippen LogP contribution >= 0.6 is 0 Å². The second-order valence-electron chi connectivity index (χ2n) is 8.06. The van der Waals surface area contributed by atoms with E-state index in [-0.39, 0.29) is 28.5 Å². The number of benzene rings is 1. The van der Waals surface area contributed by atoms with Gasteiger partial charge in [0.25, 0.3) is 5.89 Å². The molecule has 0 amide bonds. The lowest BCUT2D eigenvalue weighted by Crippen LogP contribution is -2.23. The molecule has 4 rings (SSSR count). The highest BCUT2D eigenvalue weighted by Gasteiger charge is 2.35. The van der Waals surface area contributed by atoms with Gasteiger partial charge in [-0.3, -0.25) is 4.68 Å². The normalized spacial score (nSPS) is 16.0. The molecular weight excluding hydrogens is 385 g/mol. The van der Waals surface area contributed by atoms with Gasteiger partial charge in [-0.05, 0) is 42.9 Å². The number of aryl methyl sites for hydroxylation is 1. The third kappa shape index (κ3) is 3.49. The third-order valence-electron chi connectivity index (χ3n) is 5.35. The van der Waals surface area contributed by atoms with Crippen molar-refractivity contribution >= 4 is 0 Å². The van der Waals surface area contributed by atoms with Crippen molar-refractivity contribution in [3.63, 3.8) is 0 Å². The fraction of sp³-hybridized carbons (Fsp3) is 0.450. The summed E-state index contributed by atoms with van der Waals surface area (Å²) in [6, 6.07) is 3.65. The maximum atomic E-state index is 13.3. The van der Waals surface area contributed by atoms with Crippen LogP contribution < -0.4 is 4.74 Å². The van der Waals surface area contributed by atoms with Crippen LogP contribution in [-0.4, -0.2) is 27.1 Å². The molecule has 1 aliphatic carbocycles. The summed E-state index contributed by atoms with van der Waals surface area (Å²) in [6.45, 7) is 4.44. The lowest BCUT2D eigenvalue weighted by Gasteiger charge is -2.29. The summed E-state index contributed by atoms with van der Waals surface area (Å²) in [6.07, 6.45) is -1.82. The molecule has 0 saturated heterocycles. The summed E-state index contributed by atoms with van der Waals surface area (Å²) in [5.74, 6) is -0.0490. The van der Waals surface area contributed by atoms with Crippen molar-refractivity contribution in [1.82, 2.24) is 20.0 Å². The summed E-state index contributed by atoms with van der Waals surface area (Å²) < 4.78 is 52.3. The lowest BCUT2D eigenvalue weighted by molar-refractivity contribution is -0.138. The van der Waals surface area contributed by atoms with Gasteiger partial charge in [0.2, 0.25) is 5.89 Å². The van der Waals surface area contributed by atoms with E-state index in [1.54, 1.807) is 0 Å². The molecule has 0 bridgehead atoms. The monoisotopic (exact) mass is 406 g/mol.